The normalized spacial score (nSPS) is 25.1. The summed E-state index contributed by atoms with van der Waals surface area (Å²) < 4.78 is 0. The Bertz CT molecular complexity index is 267. The molecule has 0 aliphatic carbocycles. The van der Waals surface area contributed by atoms with Gasteiger partial charge in [0.15, 0.2) is 0 Å². The van der Waals surface area contributed by atoms with Crippen molar-refractivity contribution in [2.45, 2.75) is 64.3 Å². The van der Waals surface area contributed by atoms with Crippen molar-refractivity contribution in [3.8, 4) is 6.07 Å². The zero-order valence-corrected chi connectivity index (χ0v) is 12.1. The van der Waals surface area contributed by atoms with E-state index >= 15 is 0 Å². The molecule has 0 radical (unpaired) electrons. The molecule has 1 aliphatic rings. The SMILES string of the molecule is CCCC1CCCN(CCCC(C)(N)C#N)CC1. The second-order valence-corrected chi connectivity index (χ2v) is 6.06. The maximum Gasteiger partial charge on any atom is 0.101 e. The smallest absolute Gasteiger partial charge is 0.101 e. The van der Waals surface area contributed by atoms with Gasteiger partial charge in [-0.05, 0) is 64.6 Å². The van der Waals surface area contributed by atoms with Crippen LogP contribution in [0, 0.1) is 17.2 Å². The van der Waals surface area contributed by atoms with Gasteiger partial charge >= 0.3 is 0 Å². The molecule has 1 rings (SSSR count). The predicted octanol–water partition coefficient (Wildman–Crippen LogP) is 2.91. The van der Waals surface area contributed by atoms with Crippen LogP contribution in [0.1, 0.15) is 58.8 Å². The highest BCUT2D eigenvalue weighted by atomic mass is 15.1. The number of hydrogen-bond acceptors (Lipinski definition) is 3. The number of nitriles is 1. The zero-order valence-electron chi connectivity index (χ0n) is 12.1. The van der Waals surface area contributed by atoms with Crippen molar-refractivity contribution in [2.75, 3.05) is 19.6 Å². The first-order valence-electron chi connectivity index (χ1n) is 7.50. The van der Waals surface area contributed by atoms with Crippen molar-refractivity contribution in [2.24, 2.45) is 11.7 Å². The van der Waals surface area contributed by atoms with Crippen molar-refractivity contribution in [1.29, 1.82) is 5.26 Å². The van der Waals surface area contributed by atoms with Gasteiger partial charge in [-0.15, -0.1) is 0 Å². The van der Waals surface area contributed by atoms with Crippen LogP contribution in [-0.4, -0.2) is 30.1 Å². The van der Waals surface area contributed by atoms with Crippen LogP contribution in [0.3, 0.4) is 0 Å². The summed E-state index contributed by atoms with van der Waals surface area (Å²) in [6.07, 6.45) is 8.64. The summed E-state index contributed by atoms with van der Waals surface area (Å²) in [5.74, 6) is 0.943. The maximum atomic E-state index is 8.88. The number of rotatable bonds is 6. The third-order valence-corrected chi connectivity index (χ3v) is 4.06. The minimum Gasteiger partial charge on any atom is -0.314 e. The van der Waals surface area contributed by atoms with Crippen LogP contribution < -0.4 is 5.73 Å². The van der Waals surface area contributed by atoms with Crippen molar-refractivity contribution in [3.05, 3.63) is 0 Å². The van der Waals surface area contributed by atoms with E-state index in [1.807, 2.05) is 6.92 Å². The first-order chi connectivity index (χ1) is 8.57. The van der Waals surface area contributed by atoms with Gasteiger partial charge in [0, 0.05) is 0 Å². The van der Waals surface area contributed by atoms with E-state index in [9.17, 15) is 0 Å². The quantitative estimate of drug-likeness (QED) is 0.789. The lowest BCUT2D eigenvalue weighted by atomic mass is 9.96. The number of likely N-dealkylation sites (tertiary alicyclic amines) is 1. The lowest BCUT2D eigenvalue weighted by molar-refractivity contribution is 0.267. The Morgan fingerprint density at radius 3 is 2.83 bits per heavy atom. The summed E-state index contributed by atoms with van der Waals surface area (Å²) in [7, 11) is 0. The van der Waals surface area contributed by atoms with Gasteiger partial charge in [-0.25, -0.2) is 0 Å². The average Bonchev–Trinajstić information content (AvgIpc) is 2.56. The largest absolute Gasteiger partial charge is 0.314 e. The Morgan fingerprint density at radius 1 is 1.39 bits per heavy atom. The molecule has 0 saturated carbocycles. The van der Waals surface area contributed by atoms with E-state index in [2.05, 4.69) is 17.9 Å². The third kappa shape index (κ3) is 5.84. The molecule has 3 heteroatoms. The van der Waals surface area contributed by atoms with Crippen LogP contribution in [0.5, 0.6) is 0 Å². The number of nitrogens with zero attached hydrogens (tertiary/aromatic N) is 2. The van der Waals surface area contributed by atoms with Gasteiger partial charge in [0.2, 0.25) is 0 Å². The Morgan fingerprint density at radius 2 is 2.17 bits per heavy atom. The van der Waals surface area contributed by atoms with E-state index in [4.69, 9.17) is 11.0 Å². The first kappa shape index (κ1) is 15.5. The molecule has 0 aromatic heterocycles. The van der Waals surface area contributed by atoms with Crippen molar-refractivity contribution >= 4 is 0 Å². The fourth-order valence-corrected chi connectivity index (χ4v) is 2.87. The van der Waals surface area contributed by atoms with E-state index in [0.717, 1.165) is 25.3 Å². The molecule has 18 heavy (non-hydrogen) atoms. The average molecular weight is 251 g/mol. The van der Waals surface area contributed by atoms with Gasteiger partial charge < -0.3 is 10.6 Å². The highest BCUT2D eigenvalue weighted by molar-refractivity contribution is 5.00. The third-order valence-electron chi connectivity index (χ3n) is 4.06. The van der Waals surface area contributed by atoms with Crippen LogP contribution in [-0.2, 0) is 0 Å². The molecule has 104 valence electrons. The molecule has 2 unspecified atom stereocenters. The summed E-state index contributed by atoms with van der Waals surface area (Å²) in [4.78, 5) is 2.56. The zero-order chi connectivity index (χ0) is 13.4. The molecule has 1 saturated heterocycles. The van der Waals surface area contributed by atoms with Crippen molar-refractivity contribution in [3.63, 3.8) is 0 Å². The summed E-state index contributed by atoms with van der Waals surface area (Å²) >= 11 is 0. The van der Waals surface area contributed by atoms with Gasteiger partial charge in [-0.2, -0.15) is 5.26 Å². The molecule has 1 aliphatic heterocycles. The van der Waals surface area contributed by atoms with Gasteiger partial charge in [0.1, 0.15) is 5.54 Å². The Labute approximate surface area is 112 Å². The molecule has 0 aromatic carbocycles. The minimum atomic E-state index is -0.642. The fraction of sp³-hybridized carbons (Fsp3) is 0.933. The lowest BCUT2D eigenvalue weighted by Crippen LogP contribution is -2.35. The predicted molar refractivity (Wildman–Crippen MR) is 76.1 cm³/mol. The molecule has 0 bridgehead atoms. The van der Waals surface area contributed by atoms with Crippen LogP contribution >= 0.6 is 0 Å². The van der Waals surface area contributed by atoms with Gasteiger partial charge in [0.25, 0.3) is 0 Å². The number of hydrogen-bond donors (Lipinski definition) is 1. The first-order valence-corrected chi connectivity index (χ1v) is 7.50. The molecule has 1 fully saturated rings. The summed E-state index contributed by atoms with van der Waals surface area (Å²) in [5.41, 5.74) is 5.20. The van der Waals surface area contributed by atoms with E-state index in [-0.39, 0.29) is 0 Å². The van der Waals surface area contributed by atoms with Gasteiger partial charge in [-0.1, -0.05) is 19.8 Å². The van der Waals surface area contributed by atoms with Crippen LogP contribution in [0.15, 0.2) is 0 Å². The van der Waals surface area contributed by atoms with Crippen molar-refractivity contribution < 1.29 is 0 Å². The van der Waals surface area contributed by atoms with Crippen LogP contribution in [0.2, 0.25) is 0 Å². The number of nitrogens with two attached hydrogens (primary N) is 1. The molecular formula is C15H29N3. The molecule has 2 atom stereocenters. The Balaban J connectivity index is 2.22. The van der Waals surface area contributed by atoms with Gasteiger partial charge in [0.05, 0.1) is 6.07 Å². The highest BCUT2D eigenvalue weighted by Crippen LogP contribution is 2.22. The molecule has 0 aromatic rings. The summed E-state index contributed by atoms with van der Waals surface area (Å²) in [6, 6.07) is 2.17. The fourth-order valence-electron chi connectivity index (χ4n) is 2.87. The standard InChI is InChI=1S/C15H29N3/c1-3-6-14-7-4-10-18(12-8-14)11-5-9-15(2,17)13-16/h14H,3-12,17H2,1-2H3. The topological polar surface area (TPSA) is 53.0 Å². The monoisotopic (exact) mass is 251 g/mol. The van der Waals surface area contributed by atoms with E-state index < -0.39 is 5.54 Å². The van der Waals surface area contributed by atoms with E-state index in [1.165, 1.54) is 45.2 Å². The molecular weight excluding hydrogens is 222 g/mol. The summed E-state index contributed by atoms with van der Waals surface area (Å²) in [5, 5.41) is 8.88. The summed E-state index contributed by atoms with van der Waals surface area (Å²) in [6.45, 7) is 7.68. The van der Waals surface area contributed by atoms with Crippen LogP contribution in [0.4, 0.5) is 0 Å². The van der Waals surface area contributed by atoms with Gasteiger partial charge in [-0.3, -0.25) is 0 Å². The molecule has 0 amide bonds. The molecule has 0 spiro atoms. The Kier molecular flexibility index (Phi) is 6.67. The second kappa shape index (κ2) is 7.76. The van der Waals surface area contributed by atoms with Crippen molar-refractivity contribution in [1.82, 2.24) is 4.90 Å². The second-order valence-electron chi connectivity index (χ2n) is 6.06. The van der Waals surface area contributed by atoms with E-state index in [0.29, 0.717) is 0 Å². The lowest BCUT2D eigenvalue weighted by Gasteiger charge is -2.22. The molecule has 3 nitrogen and oxygen atoms in total. The van der Waals surface area contributed by atoms with Crippen LogP contribution in [0.25, 0.3) is 0 Å². The molecule has 1 heterocycles. The molecule has 2 N–H and O–H groups in total. The Hall–Kier alpha value is -0.590. The maximum absolute atomic E-state index is 8.88. The van der Waals surface area contributed by atoms with E-state index in [1.54, 1.807) is 0 Å². The highest BCUT2D eigenvalue weighted by Gasteiger charge is 2.19. The minimum absolute atomic E-state index is 0.642.